The number of unbranched alkanes of at least 4 members (excludes halogenated alkanes) is 1. The highest BCUT2D eigenvalue weighted by Gasteiger charge is 2.35. The Bertz CT molecular complexity index is 3330. The zero-order valence-electron chi connectivity index (χ0n) is 44.2. The number of carboxylic acids is 1. The van der Waals surface area contributed by atoms with Crippen molar-refractivity contribution in [1.29, 1.82) is 0 Å². The first kappa shape index (κ1) is 52.8. The summed E-state index contributed by atoms with van der Waals surface area (Å²) < 4.78 is 15.8. The fraction of sp³-hybridized carbons (Fsp3) is 0.397. The fourth-order valence-corrected chi connectivity index (χ4v) is 11.9. The number of aryl methyl sites for hydroxylation is 3. The van der Waals surface area contributed by atoms with Crippen LogP contribution in [0.15, 0.2) is 91.0 Å². The summed E-state index contributed by atoms with van der Waals surface area (Å²) in [6.45, 7) is 10.5. The molecule has 2 unspecified atom stereocenters. The van der Waals surface area contributed by atoms with E-state index in [1.807, 2.05) is 54.6 Å². The lowest BCUT2D eigenvalue weighted by atomic mass is 9.83. The summed E-state index contributed by atoms with van der Waals surface area (Å²) in [7, 11) is 0. The van der Waals surface area contributed by atoms with Gasteiger partial charge in [0.05, 0.1) is 11.1 Å². The van der Waals surface area contributed by atoms with Crippen LogP contribution in [-0.2, 0) is 37.0 Å². The van der Waals surface area contributed by atoms with E-state index in [1.165, 1.54) is 22.0 Å². The minimum atomic E-state index is -1.08. The van der Waals surface area contributed by atoms with E-state index in [2.05, 4.69) is 59.5 Å². The number of rotatable bonds is 19. The number of amides is 2. The number of aliphatic hydroxyl groups is 1. The molecule has 0 saturated heterocycles. The summed E-state index contributed by atoms with van der Waals surface area (Å²) in [5.74, 6) is 0.714. The minimum absolute atomic E-state index is 0.0955. The number of thiol groups is 1. The quantitative estimate of drug-likeness (QED) is 0.0266. The molecule has 396 valence electrons. The highest BCUT2D eigenvalue weighted by molar-refractivity contribution is 7.81. The maximum atomic E-state index is 14.5. The molecule has 76 heavy (non-hydrogen) atoms. The molecule has 4 heterocycles. The lowest BCUT2D eigenvalue weighted by Gasteiger charge is -2.29. The van der Waals surface area contributed by atoms with Gasteiger partial charge in [0.15, 0.2) is 0 Å². The molecule has 0 aliphatic carbocycles. The van der Waals surface area contributed by atoms with Gasteiger partial charge in [0, 0.05) is 108 Å². The molecule has 4 aliphatic heterocycles. The second kappa shape index (κ2) is 23.7. The van der Waals surface area contributed by atoms with Gasteiger partial charge in [-0.2, -0.15) is 12.6 Å². The number of hydrogen-bond acceptors (Lipinski definition) is 9. The third-order valence-electron chi connectivity index (χ3n) is 15.9. The number of benzene rings is 6. The SMILES string of the molecule is CCCCc1cc2c(c3c1NCC(S)CC3)Oc1c3c4c(cc1=C2c1cc(C(=O)NCCN(Cc2cccc(C)c2C)C(=O)CCNCC(O)COc2cccc5ccccc25)ccc1C(=O)O)CCCC[N+]=4CCC3. The number of fused-ring (bicyclic) bond motifs is 6. The zero-order valence-corrected chi connectivity index (χ0v) is 45.1. The molecule has 12 nitrogen and oxygen atoms in total. The molecular formula is C63H72N5O7S+. The van der Waals surface area contributed by atoms with E-state index in [1.54, 1.807) is 23.1 Å². The Morgan fingerprint density at radius 1 is 0.895 bits per heavy atom. The van der Waals surface area contributed by atoms with Crippen molar-refractivity contribution in [2.45, 2.75) is 109 Å². The Kier molecular flexibility index (Phi) is 16.5. The number of anilines is 1. The molecule has 6 aromatic rings. The molecule has 5 N–H and O–H groups in total. The van der Waals surface area contributed by atoms with Gasteiger partial charge in [0.25, 0.3) is 5.91 Å². The number of hydrogen-bond donors (Lipinski definition) is 6. The smallest absolute Gasteiger partial charge is 0.336 e. The topological polar surface area (TPSA) is 152 Å². The number of carbonyl (C=O) groups excluding carboxylic acids is 2. The van der Waals surface area contributed by atoms with E-state index in [4.69, 9.17) is 22.1 Å². The van der Waals surface area contributed by atoms with Crippen LogP contribution in [0, 0.1) is 13.8 Å². The molecule has 0 aromatic heterocycles. The van der Waals surface area contributed by atoms with Crippen molar-refractivity contribution < 1.29 is 34.1 Å². The molecule has 4 aliphatic rings. The van der Waals surface area contributed by atoms with Gasteiger partial charge in [-0.15, -0.1) is 0 Å². The standard InChI is InChI=1S/C63H71N5O7S/c1-4-5-14-42-32-53-57(54-33-43-16-8-9-29-67-30-12-20-51(59(43)67)61(54)75-60(53)50-25-23-47(76)36-66-58(42)50)52-34-44(22-24-49(52)63(72)73)62(71)65-28-31-68(37-45-18-10-13-39(2)40(45)3)56(70)26-27-64-35-46(69)38-74-55-21-11-17-41-15-6-7-19-48(41)55/h6-7,10-11,13,15,17-19,21-22,24,32-34,46-47,64,69H,4-5,8-9,12,14,16,20,23,25-31,35-38H2,1-3H3,(H3,65,71,72,73,76)/p+1. The Morgan fingerprint density at radius 3 is 2.58 bits per heavy atom. The summed E-state index contributed by atoms with van der Waals surface area (Å²) in [5.41, 5.74) is 11.6. The van der Waals surface area contributed by atoms with E-state index < -0.39 is 12.1 Å². The summed E-state index contributed by atoms with van der Waals surface area (Å²) in [6.07, 6.45) is 8.81. The van der Waals surface area contributed by atoms with Crippen LogP contribution in [0.5, 0.6) is 17.2 Å². The molecule has 0 fully saturated rings. The zero-order chi connectivity index (χ0) is 52.9. The number of nitrogens with one attached hydrogen (secondary N) is 3. The number of ether oxygens (including phenoxy) is 2. The Morgan fingerprint density at radius 2 is 1.72 bits per heavy atom. The largest absolute Gasteiger partial charge is 0.490 e. The van der Waals surface area contributed by atoms with Crippen LogP contribution in [-0.4, -0.2) is 96.7 Å². The Balaban J connectivity index is 0.929. The average molecular weight is 1040 g/mol. The number of aromatic carboxylic acids is 1. The second-order valence-corrected chi connectivity index (χ2v) is 21.8. The Hall–Kier alpha value is -6.67. The number of nitrogens with zero attached hydrogens (tertiary/aromatic N) is 2. The van der Waals surface area contributed by atoms with Crippen LogP contribution >= 0.6 is 12.6 Å². The van der Waals surface area contributed by atoms with E-state index >= 15 is 0 Å². The number of carbonyl (C=O) groups is 3. The molecule has 13 heteroatoms. The normalized spacial score (nSPS) is 15.9. The molecule has 0 bridgehead atoms. The predicted molar refractivity (Wildman–Crippen MR) is 304 cm³/mol. The van der Waals surface area contributed by atoms with Crippen molar-refractivity contribution in [3.63, 3.8) is 0 Å². The minimum Gasteiger partial charge on any atom is -0.490 e. The molecule has 0 radical (unpaired) electrons. The van der Waals surface area contributed by atoms with E-state index in [0.29, 0.717) is 30.0 Å². The van der Waals surface area contributed by atoms with Gasteiger partial charge in [0.2, 0.25) is 11.3 Å². The maximum absolute atomic E-state index is 14.5. The van der Waals surface area contributed by atoms with Crippen molar-refractivity contribution in [3.8, 4) is 17.2 Å². The van der Waals surface area contributed by atoms with Gasteiger partial charge in [-0.05, 0) is 128 Å². The van der Waals surface area contributed by atoms with E-state index in [-0.39, 0.29) is 55.3 Å². The third-order valence-corrected chi connectivity index (χ3v) is 16.4. The van der Waals surface area contributed by atoms with Crippen molar-refractivity contribution in [3.05, 3.63) is 163 Å². The van der Waals surface area contributed by atoms with E-state index in [0.717, 1.165) is 150 Å². The lowest BCUT2D eigenvalue weighted by Crippen LogP contribution is -2.41. The summed E-state index contributed by atoms with van der Waals surface area (Å²) in [5, 5.41) is 36.3. The van der Waals surface area contributed by atoms with Gasteiger partial charge in [-0.1, -0.05) is 67.9 Å². The van der Waals surface area contributed by atoms with Gasteiger partial charge >= 0.3 is 5.97 Å². The van der Waals surface area contributed by atoms with Crippen LogP contribution in [0.2, 0.25) is 0 Å². The number of aliphatic hydroxyl groups excluding tert-OH is 1. The maximum Gasteiger partial charge on any atom is 0.336 e. The molecule has 0 spiro atoms. The molecule has 2 amide bonds. The third kappa shape index (κ3) is 11.2. The summed E-state index contributed by atoms with van der Waals surface area (Å²) >= 11 is 4.94. The molecular weight excluding hydrogens is 971 g/mol. The molecule has 2 atom stereocenters. The summed E-state index contributed by atoms with van der Waals surface area (Å²) in [4.78, 5) is 43.8. The van der Waals surface area contributed by atoms with Crippen molar-refractivity contribution in [1.82, 2.24) is 20.1 Å². The van der Waals surface area contributed by atoms with Crippen molar-refractivity contribution in [2.24, 2.45) is 0 Å². The second-order valence-electron chi connectivity index (χ2n) is 21.1. The highest BCUT2D eigenvalue weighted by Crippen LogP contribution is 2.47. The van der Waals surface area contributed by atoms with Crippen molar-refractivity contribution >= 4 is 52.4 Å². The van der Waals surface area contributed by atoms with E-state index in [9.17, 15) is 24.6 Å². The van der Waals surface area contributed by atoms with Gasteiger partial charge in [-0.25, -0.2) is 9.37 Å². The first-order valence-corrected chi connectivity index (χ1v) is 28.1. The van der Waals surface area contributed by atoms with Crippen molar-refractivity contribution in [2.75, 3.05) is 57.7 Å². The number of carboxylic acid groups (broad SMARTS) is 1. The average Bonchev–Trinajstić information content (AvgIpc) is 3.83. The van der Waals surface area contributed by atoms with Crippen LogP contribution in [0.1, 0.15) is 123 Å². The Labute approximate surface area is 451 Å². The molecule has 0 saturated carbocycles. The monoisotopic (exact) mass is 1040 g/mol. The fourth-order valence-electron chi connectivity index (χ4n) is 11.7. The van der Waals surface area contributed by atoms with Crippen LogP contribution in [0.4, 0.5) is 5.69 Å². The lowest BCUT2D eigenvalue weighted by molar-refractivity contribution is -0.131. The molecule has 6 aromatic carbocycles. The summed E-state index contributed by atoms with van der Waals surface area (Å²) in [6, 6.07) is 29.3. The van der Waals surface area contributed by atoms with Crippen LogP contribution in [0.25, 0.3) is 16.3 Å². The first-order valence-electron chi connectivity index (χ1n) is 27.5. The van der Waals surface area contributed by atoms with Gasteiger partial charge in [0.1, 0.15) is 43.0 Å². The first-order chi connectivity index (χ1) is 37.0. The van der Waals surface area contributed by atoms with Crippen LogP contribution in [0.3, 0.4) is 0 Å². The van der Waals surface area contributed by atoms with Gasteiger partial charge < -0.3 is 40.5 Å². The molecule has 10 rings (SSSR count). The van der Waals surface area contributed by atoms with Gasteiger partial charge in [-0.3, -0.25) is 9.59 Å². The highest BCUT2D eigenvalue weighted by atomic mass is 32.1. The van der Waals surface area contributed by atoms with Crippen LogP contribution < -0.4 is 40.6 Å². The predicted octanol–water partition coefficient (Wildman–Crippen LogP) is 8.46.